The summed E-state index contributed by atoms with van der Waals surface area (Å²) in [5, 5.41) is 0. The Balaban J connectivity index is 2.15. The number of nitrogens with two attached hydrogens (primary N) is 1. The molecule has 8 nitrogen and oxygen atoms in total. The minimum atomic E-state index is -3.12. The van der Waals surface area contributed by atoms with Crippen molar-refractivity contribution < 1.29 is 8.42 Å². The summed E-state index contributed by atoms with van der Waals surface area (Å²) in [7, 11) is -3.12. The fourth-order valence-electron chi connectivity index (χ4n) is 2.63. The van der Waals surface area contributed by atoms with E-state index in [9.17, 15) is 8.42 Å². The van der Waals surface area contributed by atoms with Gasteiger partial charge in [0.15, 0.2) is 0 Å². The SMILES string of the molecule is CCN(CC)c1nc(N)cc(N2CCN(S(=O)(=O)CC)CC2)n1. The Hall–Kier alpha value is -1.61. The zero-order valence-corrected chi connectivity index (χ0v) is 14.9. The monoisotopic (exact) mass is 342 g/mol. The number of aromatic nitrogens is 2. The molecule has 0 atom stereocenters. The molecule has 1 aromatic heterocycles. The van der Waals surface area contributed by atoms with Crippen LogP contribution in [-0.4, -0.2) is 67.7 Å². The molecule has 0 spiro atoms. The standard InChI is InChI=1S/C14H26N6O2S/c1-4-18(5-2)14-16-12(15)11-13(17-14)19-7-9-20(10-8-19)23(21,22)6-3/h11H,4-10H2,1-3H3,(H2,15,16,17). The fourth-order valence-corrected chi connectivity index (χ4v) is 3.71. The van der Waals surface area contributed by atoms with E-state index in [0.717, 1.165) is 18.9 Å². The second-order valence-electron chi connectivity index (χ2n) is 5.41. The molecule has 1 aliphatic heterocycles. The van der Waals surface area contributed by atoms with E-state index >= 15 is 0 Å². The smallest absolute Gasteiger partial charge is 0.229 e. The normalized spacial score (nSPS) is 16.6. The van der Waals surface area contributed by atoms with E-state index in [1.165, 1.54) is 0 Å². The van der Waals surface area contributed by atoms with Gasteiger partial charge >= 0.3 is 0 Å². The van der Waals surface area contributed by atoms with Gasteiger partial charge in [-0.1, -0.05) is 0 Å². The van der Waals surface area contributed by atoms with Crippen LogP contribution in [0.3, 0.4) is 0 Å². The van der Waals surface area contributed by atoms with Crippen molar-refractivity contribution >= 4 is 27.6 Å². The summed E-state index contributed by atoms with van der Waals surface area (Å²) in [4.78, 5) is 13.0. The molecule has 0 aromatic carbocycles. The van der Waals surface area contributed by atoms with Gasteiger partial charge in [0.05, 0.1) is 5.75 Å². The summed E-state index contributed by atoms with van der Waals surface area (Å²) < 4.78 is 25.4. The number of hydrogen-bond donors (Lipinski definition) is 1. The predicted octanol–water partition coefficient (Wildman–Crippen LogP) is 0.377. The first kappa shape index (κ1) is 17.7. The zero-order valence-electron chi connectivity index (χ0n) is 14.1. The molecule has 0 unspecified atom stereocenters. The van der Waals surface area contributed by atoms with Gasteiger partial charge in [-0.2, -0.15) is 14.3 Å². The van der Waals surface area contributed by atoms with Crippen LogP contribution in [0.4, 0.5) is 17.6 Å². The molecule has 130 valence electrons. The molecule has 0 bridgehead atoms. The van der Waals surface area contributed by atoms with Gasteiger partial charge in [-0.3, -0.25) is 0 Å². The molecule has 1 saturated heterocycles. The Morgan fingerprint density at radius 1 is 1.13 bits per heavy atom. The van der Waals surface area contributed by atoms with Crippen molar-refractivity contribution in [1.29, 1.82) is 0 Å². The number of piperazine rings is 1. The number of rotatable bonds is 6. The van der Waals surface area contributed by atoms with E-state index in [4.69, 9.17) is 5.73 Å². The second kappa shape index (κ2) is 7.31. The van der Waals surface area contributed by atoms with Crippen LogP contribution in [0, 0.1) is 0 Å². The predicted molar refractivity (Wildman–Crippen MR) is 93.3 cm³/mol. The highest BCUT2D eigenvalue weighted by atomic mass is 32.2. The van der Waals surface area contributed by atoms with E-state index in [1.54, 1.807) is 17.3 Å². The molecule has 9 heteroatoms. The number of nitrogen functional groups attached to an aromatic ring is 1. The van der Waals surface area contributed by atoms with Crippen molar-refractivity contribution in [3.05, 3.63) is 6.07 Å². The van der Waals surface area contributed by atoms with Crippen molar-refractivity contribution in [2.75, 3.05) is 60.6 Å². The molecule has 0 saturated carbocycles. The molecule has 0 radical (unpaired) electrons. The van der Waals surface area contributed by atoms with Crippen LogP contribution in [0.5, 0.6) is 0 Å². The minimum absolute atomic E-state index is 0.138. The maximum atomic E-state index is 11.9. The van der Waals surface area contributed by atoms with E-state index in [0.29, 0.717) is 37.9 Å². The molecular weight excluding hydrogens is 316 g/mol. The number of anilines is 3. The van der Waals surface area contributed by atoms with E-state index in [1.807, 2.05) is 18.7 Å². The largest absolute Gasteiger partial charge is 0.383 e. The molecule has 2 rings (SSSR count). The third kappa shape index (κ3) is 4.03. The maximum absolute atomic E-state index is 11.9. The van der Waals surface area contributed by atoms with Crippen LogP contribution in [0.25, 0.3) is 0 Å². The summed E-state index contributed by atoms with van der Waals surface area (Å²) in [6.45, 7) is 9.53. The van der Waals surface area contributed by atoms with Gasteiger partial charge in [0, 0.05) is 45.3 Å². The summed E-state index contributed by atoms with van der Waals surface area (Å²) in [5.74, 6) is 1.95. The lowest BCUT2D eigenvalue weighted by Gasteiger charge is -2.34. The van der Waals surface area contributed by atoms with Crippen LogP contribution in [0.15, 0.2) is 6.07 Å². The van der Waals surface area contributed by atoms with Crippen LogP contribution in [0.1, 0.15) is 20.8 Å². The molecule has 1 fully saturated rings. The molecule has 0 amide bonds. The third-order valence-corrected chi connectivity index (χ3v) is 5.97. The van der Waals surface area contributed by atoms with Crippen molar-refractivity contribution in [2.45, 2.75) is 20.8 Å². The molecule has 2 N–H and O–H groups in total. The highest BCUT2D eigenvalue weighted by Crippen LogP contribution is 2.21. The van der Waals surface area contributed by atoms with Gasteiger partial charge in [0.1, 0.15) is 11.6 Å². The van der Waals surface area contributed by atoms with E-state index < -0.39 is 10.0 Å². The summed E-state index contributed by atoms with van der Waals surface area (Å²) in [6, 6.07) is 1.75. The van der Waals surface area contributed by atoms with Gasteiger partial charge in [-0.25, -0.2) is 8.42 Å². The van der Waals surface area contributed by atoms with E-state index in [2.05, 4.69) is 14.9 Å². The highest BCUT2D eigenvalue weighted by molar-refractivity contribution is 7.89. The number of hydrogen-bond acceptors (Lipinski definition) is 7. The Kier molecular flexibility index (Phi) is 5.64. The first-order chi connectivity index (χ1) is 10.9. The Morgan fingerprint density at radius 2 is 1.74 bits per heavy atom. The van der Waals surface area contributed by atoms with Crippen LogP contribution < -0.4 is 15.5 Å². The highest BCUT2D eigenvalue weighted by Gasteiger charge is 2.26. The molecule has 1 aliphatic rings. The lowest BCUT2D eigenvalue weighted by molar-refractivity contribution is 0.384. The molecular formula is C14H26N6O2S. The molecule has 1 aromatic rings. The summed E-state index contributed by atoms with van der Waals surface area (Å²) >= 11 is 0. The first-order valence-electron chi connectivity index (χ1n) is 8.03. The van der Waals surface area contributed by atoms with Crippen LogP contribution >= 0.6 is 0 Å². The topological polar surface area (TPSA) is 95.7 Å². The number of nitrogens with zero attached hydrogens (tertiary/aromatic N) is 5. The molecule has 23 heavy (non-hydrogen) atoms. The Bertz CT molecular complexity index is 624. The summed E-state index contributed by atoms with van der Waals surface area (Å²) in [5.41, 5.74) is 5.92. The van der Waals surface area contributed by atoms with Gasteiger partial charge in [-0.05, 0) is 20.8 Å². The lowest BCUT2D eigenvalue weighted by atomic mass is 10.3. The molecule has 0 aliphatic carbocycles. The summed E-state index contributed by atoms with van der Waals surface area (Å²) in [6.07, 6.45) is 0. The van der Waals surface area contributed by atoms with Crippen molar-refractivity contribution in [2.24, 2.45) is 0 Å². The van der Waals surface area contributed by atoms with Crippen LogP contribution in [0.2, 0.25) is 0 Å². The van der Waals surface area contributed by atoms with E-state index in [-0.39, 0.29) is 5.75 Å². The van der Waals surface area contributed by atoms with Gasteiger partial charge in [-0.15, -0.1) is 0 Å². The van der Waals surface area contributed by atoms with Crippen molar-refractivity contribution in [1.82, 2.24) is 14.3 Å². The maximum Gasteiger partial charge on any atom is 0.229 e. The van der Waals surface area contributed by atoms with Crippen molar-refractivity contribution in [3.8, 4) is 0 Å². The third-order valence-electron chi connectivity index (χ3n) is 4.09. The van der Waals surface area contributed by atoms with Crippen molar-refractivity contribution in [3.63, 3.8) is 0 Å². The zero-order chi connectivity index (χ0) is 17.0. The first-order valence-corrected chi connectivity index (χ1v) is 9.64. The quantitative estimate of drug-likeness (QED) is 0.798. The average Bonchev–Trinajstić information content (AvgIpc) is 2.55. The van der Waals surface area contributed by atoms with Gasteiger partial charge in [0.2, 0.25) is 16.0 Å². The molecule has 2 heterocycles. The minimum Gasteiger partial charge on any atom is -0.383 e. The lowest BCUT2D eigenvalue weighted by Crippen LogP contribution is -2.49. The van der Waals surface area contributed by atoms with Gasteiger partial charge in [0.25, 0.3) is 0 Å². The fraction of sp³-hybridized carbons (Fsp3) is 0.714. The average molecular weight is 342 g/mol. The second-order valence-corrected chi connectivity index (χ2v) is 7.67. The number of sulfonamides is 1. The Labute approximate surface area is 138 Å². The van der Waals surface area contributed by atoms with Crippen LogP contribution in [-0.2, 0) is 10.0 Å². The Morgan fingerprint density at radius 3 is 2.26 bits per heavy atom. The van der Waals surface area contributed by atoms with Gasteiger partial charge < -0.3 is 15.5 Å².